The first-order chi connectivity index (χ1) is 11.4. The molecule has 2 atom stereocenters. The number of nitrogens with two attached hydrogens (primary N) is 1. The highest BCUT2D eigenvalue weighted by molar-refractivity contribution is 5.49. The van der Waals surface area contributed by atoms with Gasteiger partial charge in [-0.3, -0.25) is 0 Å². The van der Waals surface area contributed by atoms with Gasteiger partial charge in [-0.2, -0.15) is 0 Å². The lowest BCUT2D eigenvalue weighted by Gasteiger charge is -2.38. The van der Waals surface area contributed by atoms with Crippen molar-refractivity contribution in [1.82, 2.24) is 0 Å². The van der Waals surface area contributed by atoms with Crippen LogP contribution in [0.3, 0.4) is 0 Å². The Morgan fingerprint density at radius 3 is 2.58 bits per heavy atom. The minimum Gasteiger partial charge on any atom is -0.367 e. The van der Waals surface area contributed by atoms with E-state index in [1.165, 1.54) is 28.8 Å². The van der Waals surface area contributed by atoms with Crippen LogP contribution < -0.4 is 10.6 Å². The number of aryl methyl sites for hydroxylation is 2. The fourth-order valence-electron chi connectivity index (χ4n) is 3.58. The third-order valence-electron chi connectivity index (χ3n) is 4.91. The third-order valence-corrected chi connectivity index (χ3v) is 4.91. The van der Waals surface area contributed by atoms with Crippen molar-refractivity contribution in [3.05, 3.63) is 64.7 Å². The predicted molar refractivity (Wildman–Crippen MR) is 94.3 cm³/mol. The Hall–Kier alpha value is -1.94. The summed E-state index contributed by atoms with van der Waals surface area (Å²) >= 11 is 0. The molecule has 1 aliphatic rings. The molecule has 3 rings (SSSR count). The van der Waals surface area contributed by atoms with Gasteiger partial charge in [0.05, 0.1) is 5.69 Å². The van der Waals surface area contributed by atoms with Gasteiger partial charge >= 0.3 is 0 Å². The van der Waals surface area contributed by atoms with Crippen LogP contribution in [0, 0.1) is 31.4 Å². The number of benzene rings is 2. The summed E-state index contributed by atoms with van der Waals surface area (Å²) in [5.74, 6) is -0.481. The monoisotopic (exact) mass is 330 g/mol. The van der Waals surface area contributed by atoms with Crippen LogP contribution in [0.1, 0.15) is 23.1 Å². The Morgan fingerprint density at radius 2 is 1.83 bits per heavy atom. The molecule has 1 heterocycles. The van der Waals surface area contributed by atoms with Crippen molar-refractivity contribution in [2.45, 2.75) is 32.7 Å². The maximum absolute atomic E-state index is 14.1. The van der Waals surface area contributed by atoms with Crippen molar-refractivity contribution < 1.29 is 8.78 Å². The number of anilines is 1. The number of halogens is 2. The van der Waals surface area contributed by atoms with Gasteiger partial charge in [0.2, 0.25) is 0 Å². The zero-order chi connectivity index (χ0) is 17.3. The van der Waals surface area contributed by atoms with E-state index in [9.17, 15) is 8.78 Å². The fourth-order valence-corrected chi connectivity index (χ4v) is 3.58. The molecule has 0 spiro atoms. The SMILES string of the molecule is Cc1ccc(CC2CC(N)CN(c3cc(F)ccc3F)C2)cc1C. The first kappa shape index (κ1) is 16.9. The molecule has 1 saturated heterocycles. The second kappa shape index (κ2) is 6.89. The second-order valence-electron chi connectivity index (χ2n) is 6.99. The highest BCUT2D eigenvalue weighted by Crippen LogP contribution is 2.28. The summed E-state index contributed by atoms with van der Waals surface area (Å²) in [7, 11) is 0. The molecular formula is C20H24F2N2. The van der Waals surface area contributed by atoms with Crippen molar-refractivity contribution >= 4 is 5.69 Å². The fraction of sp³-hybridized carbons (Fsp3) is 0.400. The Labute approximate surface area is 142 Å². The molecule has 1 aliphatic heterocycles. The van der Waals surface area contributed by atoms with Crippen molar-refractivity contribution in [3.8, 4) is 0 Å². The van der Waals surface area contributed by atoms with E-state index in [1.807, 2.05) is 4.90 Å². The zero-order valence-corrected chi connectivity index (χ0v) is 14.2. The van der Waals surface area contributed by atoms with Crippen molar-refractivity contribution in [1.29, 1.82) is 0 Å². The molecule has 0 saturated carbocycles. The third kappa shape index (κ3) is 3.75. The summed E-state index contributed by atoms with van der Waals surface area (Å²) in [5, 5.41) is 0. The van der Waals surface area contributed by atoms with E-state index in [2.05, 4.69) is 32.0 Å². The smallest absolute Gasteiger partial charge is 0.146 e. The highest BCUT2D eigenvalue weighted by Gasteiger charge is 2.27. The molecule has 2 N–H and O–H groups in total. The first-order valence-electron chi connectivity index (χ1n) is 8.44. The standard InChI is InChI=1S/C20H24F2N2/c1-13-3-4-15(7-14(13)2)8-16-9-18(23)12-24(11-16)20-10-17(21)5-6-19(20)22/h3-7,10,16,18H,8-9,11-12,23H2,1-2H3. The Bertz CT molecular complexity index is 730. The van der Waals surface area contributed by atoms with E-state index in [-0.39, 0.29) is 6.04 Å². The van der Waals surface area contributed by atoms with Gasteiger partial charge in [-0.1, -0.05) is 18.2 Å². The van der Waals surface area contributed by atoms with Crippen LogP contribution in [0.4, 0.5) is 14.5 Å². The summed E-state index contributed by atoms with van der Waals surface area (Å²) in [6.45, 7) is 5.47. The molecule has 0 aliphatic carbocycles. The van der Waals surface area contributed by atoms with Gasteiger partial charge in [-0.15, -0.1) is 0 Å². The molecule has 0 bridgehead atoms. The van der Waals surface area contributed by atoms with Crippen molar-refractivity contribution in [2.75, 3.05) is 18.0 Å². The topological polar surface area (TPSA) is 29.3 Å². The summed E-state index contributed by atoms with van der Waals surface area (Å²) in [6, 6.07) is 10.1. The molecule has 2 aromatic carbocycles. The molecule has 0 radical (unpaired) electrons. The largest absolute Gasteiger partial charge is 0.367 e. The van der Waals surface area contributed by atoms with E-state index >= 15 is 0 Å². The van der Waals surface area contributed by atoms with Crippen LogP contribution in [0.5, 0.6) is 0 Å². The number of nitrogens with zero attached hydrogens (tertiary/aromatic N) is 1. The Morgan fingerprint density at radius 1 is 1.04 bits per heavy atom. The van der Waals surface area contributed by atoms with Gasteiger partial charge in [0.1, 0.15) is 11.6 Å². The molecule has 24 heavy (non-hydrogen) atoms. The quantitative estimate of drug-likeness (QED) is 0.922. The molecule has 2 unspecified atom stereocenters. The lowest BCUT2D eigenvalue weighted by Crippen LogP contribution is -2.48. The van der Waals surface area contributed by atoms with Crippen LogP contribution in [0.25, 0.3) is 0 Å². The summed E-state index contributed by atoms with van der Waals surface area (Å²) in [6.07, 6.45) is 1.81. The highest BCUT2D eigenvalue weighted by atomic mass is 19.1. The average molecular weight is 330 g/mol. The van der Waals surface area contributed by atoms with Crippen LogP contribution >= 0.6 is 0 Å². The van der Waals surface area contributed by atoms with Gasteiger partial charge in [0.15, 0.2) is 0 Å². The van der Waals surface area contributed by atoms with E-state index in [0.717, 1.165) is 18.9 Å². The average Bonchev–Trinajstić information content (AvgIpc) is 2.53. The number of rotatable bonds is 3. The minimum atomic E-state index is -0.420. The minimum absolute atomic E-state index is 0.0297. The summed E-state index contributed by atoms with van der Waals surface area (Å²) < 4.78 is 27.6. The molecule has 1 fully saturated rings. The summed E-state index contributed by atoms with van der Waals surface area (Å²) in [5.41, 5.74) is 10.3. The van der Waals surface area contributed by atoms with E-state index in [4.69, 9.17) is 5.73 Å². The maximum atomic E-state index is 14.1. The summed E-state index contributed by atoms with van der Waals surface area (Å²) in [4.78, 5) is 1.89. The number of piperidine rings is 1. The molecule has 0 aromatic heterocycles. The van der Waals surface area contributed by atoms with Crippen molar-refractivity contribution in [3.63, 3.8) is 0 Å². The number of hydrogen-bond donors (Lipinski definition) is 1. The maximum Gasteiger partial charge on any atom is 0.146 e. The first-order valence-corrected chi connectivity index (χ1v) is 8.44. The second-order valence-corrected chi connectivity index (χ2v) is 6.99. The van der Waals surface area contributed by atoms with E-state index < -0.39 is 11.6 Å². The van der Waals surface area contributed by atoms with Crippen LogP contribution in [-0.4, -0.2) is 19.1 Å². The molecule has 2 nitrogen and oxygen atoms in total. The van der Waals surface area contributed by atoms with Crippen LogP contribution in [0.2, 0.25) is 0 Å². The van der Waals surface area contributed by atoms with E-state index in [0.29, 0.717) is 24.7 Å². The van der Waals surface area contributed by atoms with Gasteiger partial charge < -0.3 is 10.6 Å². The van der Waals surface area contributed by atoms with Crippen LogP contribution in [0.15, 0.2) is 36.4 Å². The Balaban J connectivity index is 1.78. The zero-order valence-electron chi connectivity index (χ0n) is 14.2. The molecule has 4 heteroatoms. The van der Waals surface area contributed by atoms with E-state index in [1.54, 1.807) is 0 Å². The van der Waals surface area contributed by atoms with Gasteiger partial charge in [-0.25, -0.2) is 8.78 Å². The van der Waals surface area contributed by atoms with Gasteiger partial charge in [-0.05, 0) is 61.4 Å². The lowest BCUT2D eigenvalue weighted by molar-refractivity contribution is 0.372. The van der Waals surface area contributed by atoms with Crippen molar-refractivity contribution in [2.24, 2.45) is 11.7 Å². The lowest BCUT2D eigenvalue weighted by atomic mass is 9.88. The predicted octanol–water partition coefficient (Wildman–Crippen LogP) is 3.98. The van der Waals surface area contributed by atoms with Gasteiger partial charge in [0, 0.05) is 25.2 Å². The molecule has 128 valence electrons. The molecular weight excluding hydrogens is 306 g/mol. The number of hydrogen-bond acceptors (Lipinski definition) is 2. The Kier molecular flexibility index (Phi) is 4.86. The molecule has 0 amide bonds. The normalized spacial score (nSPS) is 21.1. The molecule has 2 aromatic rings. The van der Waals surface area contributed by atoms with Gasteiger partial charge in [0.25, 0.3) is 0 Å². The van der Waals surface area contributed by atoms with Crippen LogP contribution in [-0.2, 0) is 6.42 Å².